The Balaban J connectivity index is 2.36. The van der Waals surface area contributed by atoms with E-state index in [0.717, 1.165) is 15.0 Å². The van der Waals surface area contributed by atoms with Crippen LogP contribution in [-0.2, 0) is 0 Å². The Bertz CT molecular complexity index is 419. The van der Waals surface area contributed by atoms with Crippen molar-refractivity contribution < 1.29 is 4.39 Å². The molecule has 1 N–H and O–H groups in total. The molecule has 0 aliphatic carbocycles. The zero-order chi connectivity index (χ0) is 10.8. The summed E-state index contributed by atoms with van der Waals surface area (Å²) in [7, 11) is 1.78. The number of rotatable bonds is 3. The van der Waals surface area contributed by atoms with Gasteiger partial charge in [-0.2, -0.15) is 0 Å². The van der Waals surface area contributed by atoms with Crippen molar-refractivity contribution in [3.63, 3.8) is 0 Å². The smallest absolute Gasteiger partial charge is 0.149 e. The quantitative estimate of drug-likeness (QED) is 0.839. The van der Waals surface area contributed by atoms with Gasteiger partial charge in [0.2, 0.25) is 0 Å². The number of nitrogens with one attached hydrogen (secondary N) is 1. The highest BCUT2D eigenvalue weighted by atomic mass is 32.1. The fraction of sp³-hybridized carbons (Fsp3) is 0.333. The lowest BCUT2D eigenvalue weighted by atomic mass is 10.1. The fourth-order valence-corrected chi connectivity index (χ4v) is 2.68. The first kappa shape index (κ1) is 10.6. The average Bonchev–Trinajstić information content (AvgIpc) is 2.70. The van der Waals surface area contributed by atoms with E-state index in [1.165, 1.54) is 11.3 Å². The summed E-state index contributed by atoms with van der Waals surface area (Å²) in [6.45, 7) is 1.86. The molecule has 1 nitrogen and oxygen atoms in total. The number of hydrogen-bond acceptors (Lipinski definition) is 2. The molecule has 2 rings (SSSR count). The molecule has 2 aromatic rings. The molecule has 0 fully saturated rings. The van der Waals surface area contributed by atoms with Gasteiger partial charge < -0.3 is 5.32 Å². The van der Waals surface area contributed by atoms with Crippen LogP contribution >= 0.6 is 11.3 Å². The highest BCUT2D eigenvalue weighted by Crippen LogP contribution is 2.33. The summed E-state index contributed by atoms with van der Waals surface area (Å²) in [5, 5.41) is 4.07. The highest BCUT2D eigenvalue weighted by Gasteiger charge is 2.18. The van der Waals surface area contributed by atoms with Crippen LogP contribution in [-0.4, -0.2) is 13.1 Å². The Morgan fingerprint density at radius 1 is 1.33 bits per heavy atom. The lowest BCUT2D eigenvalue weighted by Gasteiger charge is -2.13. The van der Waals surface area contributed by atoms with Gasteiger partial charge in [-0.05, 0) is 31.5 Å². The Kier molecular flexibility index (Phi) is 3.03. The molecule has 0 saturated heterocycles. The second-order valence-corrected chi connectivity index (χ2v) is 4.78. The van der Waals surface area contributed by atoms with E-state index in [-0.39, 0.29) is 6.04 Å². The van der Waals surface area contributed by atoms with Gasteiger partial charge in [0, 0.05) is 15.6 Å². The van der Waals surface area contributed by atoms with E-state index in [1.807, 2.05) is 37.3 Å². The summed E-state index contributed by atoms with van der Waals surface area (Å²) in [5.41, 5.74) is 0. The molecule has 0 bridgehead atoms. The lowest BCUT2D eigenvalue weighted by Crippen LogP contribution is -2.25. The van der Waals surface area contributed by atoms with Gasteiger partial charge in [-0.25, -0.2) is 4.39 Å². The first-order chi connectivity index (χ1) is 7.22. The molecule has 2 atom stereocenters. The van der Waals surface area contributed by atoms with Crippen molar-refractivity contribution in [3.05, 3.63) is 35.2 Å². The molecule has 2 unspecified atom stereocenters. The second-order valence-electron chi connectivity index (χ2n) is 3.67. The molecular formula is C12H14FNS. The first-order valence-electron chi connectivity index (χ1n) is 5.02. The van der Waals surface area contributed by atoms with Crippen LogP contribution in [0.4, 0.5) is 4.39 Å². The SMILES string of the molecule is CNC(C)C(F)c1cc2ccccc2s1. The highest BCUT2D eigenvalue weighted by molar-refractivity contribution is 7.19. The number of hydrogen-bond donors (Lipinski definition) is 1. The molecule has 3 heteroatoms. The summed E-state index contributed by atoms with van der Waals surface area (Å²) in [6.07, 6.45) is -0.924. The number of halogens is 1. The predicted molar refractivity (Wildman–Crippen MR) is 64.2 cm³/mol. The lowest BCUT2D eigenvalue weighted by molar-refractivity contribution is 0.280. The van der Waals surface area contributed by atoms with Gasteiger partial charge in [-0.15, -0.1) is 11.3 Å². The molecule has 0 saturated carbocycles. The summed E-state index contributed by atoms with van der Waals surface area (Å²) < 4.78 is 15.1. The molecule has 15 heavy (non-hydrogen) atoms. The molecule has 0 aliphatic heterocycles. The fourth-order valence-electron chi connectivity index (χ4n) is 1.53. The maximum absolute atomic E-state index is 13.9. The molecular weight excluding hydrogens is 209 g/mol. The molecule has 0 radical (unpaired) electrons. The van der Waals surface area contributed by atoms with E-state index in [4.69, 9.17) is 0 Å². The van der Waals surface area contributed by atoms with Crippen molar-refractivity contribution in [2.24, 2.45) is 0 Å². The molecule has 80 valence electrons. The largest absolute Gasteiger partial charge is 0.314 e. The maximum atomic E-state index is 13.9. The molecule has 1 aromatic carbocycles. The molecule has 0 aliphatic rings. The van der Waals surface area contributed by atoms with Crippen LogP contribution in [0.1, 0.15) is 18.0 Å². The van der Waals surface area contributed by atoms with Gasteiger partial charge in [0.1, 0.15) is 6.17 Å². The Morgan fingerprint density at radius 2 is 2.07 bits per heavy atom. The van der Waals surface area contributed by atoms with Crippen LogP contribution in [0, 0.1) is 0 Å². The number of fused-ring (bicyclic) bond motifs is 1. The minimum Gasteiger partial charge on any atom is -0.314 e. The minimum atomic E-state index is -0.924. The van der Waals surface area contributed by atoms with Crippen molar-refractivity contribution in [1.82, 2.24) is 5.32 Å². The van der Waals surface area contributed by atoms with Gasteiger partial charge in [0.15, 0.2) is 0 Å². The van der Waals surface area contributed by atoms with E-state index in [2.05, 4.69) is 5.32 Å². The minimum absolute atomic E-state index is 0.141. The second kappa shape index (κ2) is 4.29. The van der Waals surface area contributed by atoms with Gasteiger partial charge in [-0.1, -0.05) is 18.2 Å². The van der Waals surface area contributed by atoms with Crippen molar-refractivity contribution >= 4 is 21.4 Å². The average molecular weight is 223 g/mol. The van der Waals surface area contributed by atoms with E-state index in [9.17, 15) is 4.39 Å². The Hall–Kier alpha value is -0.930. The Morgan fingerprint density at radius 3 is 2.73 bits per heavy atom. The monoisotopic (exact) mass is 223 g/mol. The van der Waals surface area contributed by atoms with Crippen LogP contribution in [0.2, 0.25) is 0 Å². The zero-order valence-electron chi connectivity index (χ0n) is 8.83. The third-order valence-corrected chi connectivity index (χ3v) is 3.78. The van der Waals surface area contributed by atoms with Crippen LogP contribution in [0.25, 0.3) is 10.1 Å². The topological polar surface area (TPSA) is 12.0 Å². The van der Waals surface area contributed by atoms with E-state index in [0.29, 0.717) is 0 Å². The number of thiophene rings is 1. The molecule has 0 amide bonds. The predicted octanol–water partition coefficient (Wildman–Crippen LogP) is 3.52. The normalized spacial score (nSPS) is 15.4. The van der Waals surface area contributed by atoms with Gasteiger partial charge in [0.05, 0.1) is 0 Å². The molecule has 1 heterocycles. The number of alkyl halides is 1. The number of benzene rings is 1. The molecule has 1 aromatic heterocycles. The third-order valence-electron chi connectivity index (χ3n) is 2.61. The summed E-state index contributed by atoms with van der Waals surface area (Å²) in [6, 6.07) is 9.81. The van der Waals surface area contributed by atoms with Crippen LogP contribution in [0.15, 0.2) is 30.3 Å². The van der Waals surface area contributed by atoms with Gasteiger partial charge >= 0.3 is 0 Å². The number of likely N-dealkylation sites (N-methyl/N-ethyl adjacent to an activating group) is 1. The van der Waals surface area contributed by atoms with Crippen LogP contribution < -0.4 is 5.32 Å². The van der Waals surface area contributed by atoms with Crippen molar-refractivity contribution in [3.8, 4) is 0 Å². The van der Waals surface area contributed by atoms with Crippen LogP contribution in [0.3, 0.4) is 0 Å². The summed E-state index contributed by atoms with van der Waals surface area (Å²) in [4.78, 5) is 0.804. The van der Waals surface area contributed by atoms with Crippen molar-refractivity contribution in [1.29, 1.82) is 0 Å². The van der Waals surface area contributed by atoms with Gasteiger partial charge in [-0.3, -0.25) is 0 Å². The van der Waals surface area contributed by atoms with E-state index >= 15 is 0 Å². The molecule has 0 spiro atoms. The van der Waals surface area contributed by atoms with Gasteiger partial charge in [0.25, 0.3) is 0 Å². The van der Waals surface area contributed by atoms with Crippen molar-refractivity contribution in [2.45, 2.75) is 19.1 Å². The standard InChI is InChI=1S/C12H14FNS/c1-8(14-2)12(13)11-7-9-5-3-4-6-10(9)15-11/h3-8,12,14H,1-2H3. The maximum Gasteiger partial charge on any atom is 0.149 e. The summed E-state index contributed by atoms with van der Waals surface area (Å²) in [5.74, 6) is 0. The summed E-state index contributed by atoms with van der Waals surface area (Å²) >= 11 is 1.53. The third kappa shape index (κ3) is 2.03. The van der Waals surface area contributed by atoms with E-state index < -0.39 is 6.17 Å². The van der Waals surface area contributed by atoms with Crippen molar-refractivity contribution in [2.75, 3.05) is 7.05 Å². The first-order valence-corrected chi connectivity index (χ1v) is 5.84. The Labute approximate surface area is 92.9 Å². The van der Waals surface area contributed by atoms with E-state index in [1.54, 1.807) is 7.05 Å². The zero-order valence-corrected chi connectivity index (χ0v) is 9.64. The van der Waals surface area contributed by atoms with Crippen LogP contribution in [0.5, 0.6) is 0 Å².